The Labute approximate surface area is 117 Å². The van der Waals surface area contributed by atoms with E-state index in [-0.39, 0.29) is 23.7 Å². The SMILES string of the molecule is O=Cc1cccc(F)c1OCc1ccc(F)cc1Br. The van der Waals surface area contributed by atoms with Crippen molar-refractivity contribution in [1.82, 2.24) is 0 Å². The van der Waals surface area contributed by atoms with Crippen LogP contribution >= 0.6 is 15.9 Å². The molecule has 0 amide bonds. The Morgan fingerprint density at radius 2 is 2.00 bits per heavy atom. The Morgan fingerprint density at radius 1 is 1.21 bits per heavy atom. The van der Waals surface area contributed by atoms with Gasteiger partial charge >= 0.3 is 0 Å². The van der Waals surface area contributed by atoms with Crippen LogP contribution in [0.3, 0.4) is 0 Å². The molecule has 0 unspecified atom stereocenters. The van der Waals surface area contributed by atoms with Crippen molar-refractivity contribution in [2.45, 2.75) is 6.61 Å². The van der Waals surface area contributed by atoms with Crippen LogP contribution in [0.25, 0.3) is 0 Å². The Kier molecular flexibility index (Phi) is 4.27. The number of ether oxygens (including phenoxy) is 1. The van der Waals surface area contributed by atoms with E-state index in [1.807, 2.05) is 0 Å². The molecule has 0 aliphatic heterocycles. The molecule has 2 aromatic carbocycles. The normalized spacial score (nSPS) is 10.3. The highest BCUT2D eigenvalue weighted by Gasteiger charge is 2.10. The summed E-state index contributed by atoms with van der Waals surface area (Å²) >= 11 is 3.19. The van der Waals surface area contributed by atoms with Crippen LogP contribution in [0.5, 0.6) is 5.75 Å². The first-order valence-electron chi connectivity index (χ1n) is 5.42. The van der Waals surface area contributed by atoms with Gasteiger partial charge in [0.2, 0.25) is 0 Å². The van der Waals surface area contributed by atoms with Crippen molar-refractivity contribution in [3.8, 4) is 5.75 Å². The van der Waals surface area contributed by atoms with Gasteiger partial charge in [-0.15, -0.1) is 0 Å². The third-order valence-corrected chi connectivity index (χ3v) is 3.25. The van der Waals surface area contributed by atoms with Crippen LogP contribution in [0.15, 0.2) is 40.9 Å². The van der Waals surface area contributed by atoms with E-state index >= 15 is 0 Å². The summed E-state index contributed by atoms with van der Waals surface area (Å²) in [6, 6.07) is 8.21. The van der Waals surface area contributed by atoms with Crippen molar-refractivity contribution in [2.75, 3.05) is 0 Å². The summed E-state index contributed by atoms with van der Waals surface area (Å²) in [6.07, 6.45) is 0.526. The van der Waals surface area contributed by atoms with E-state index in [9.17, 15) is 13.6 Å². The van der Waals surface area contributed by atoms with Crippen molar-refractivity contribution < 1.29 is 18.3 Å². The molecule has 0 aromatic heterocycles. The van der Waals surface area contributed by atoms with Crippen molar-refractivity contribution >= 4 is 22.2 Å². The predicted molar refractivity (Wildman–Crippen MR) is 70.2 cm³/mol. The van der Waals surface area contributed by atoms with E-state index in [0.29, 0.717) is 16.3 Å². The fraction of sp³-hybridized carbons (Fsp3) is 0.0714. The highest BCUT2D eigenvalue weighted by molar-refractivity contribution is 9.10. The molecule has 19 heavy (non-hydrogen) atoms. The van der Waals surface area contributed by atoms with Crippen LogP contribution in [-0.4, -0.2) is 6.29 Å². The van der Waals surface area contributed by atoms with Crippen LogP contribution in [0.4, 0.5) is 8.78 Å². The average Bonchev–Trinajstić information content (AvgIpc) is 2.39. The number of carbonyl (C=O) groups is 1. The van der Waals surface area contributed by atoms with Crippen molar-refractivity contribution in [3.63, 3.8) is 0 Å². The zero-order valence-electron chi connectivity index (χ0n) is 9.70. The number of para-hydroxylation sites is 1. The first-order chi connectivity index (χ1) is 9.11. The number of hydrogen-bond acceptors (Lipinski definition) is 2. The lowest BCUT2D eigenvalue weighted by Crippen LogP contribution is -2.01. The van der Waals surface area contributed by atoms with Gasteiger partial charge in [0.25, 0.3) is 0 Å². The van der Waals surface area contributed by atoms with Gasteiger partial charge in [-0.3, -0.25) is 4.79 Å². The molecule has 2 aromatic rings. The standard InChI is InChI=1S/C14H9BrF2O2/c15-12-6-11(16)5-4-10(12)8-19-14-9(7-18)2-1-3-13(14)17/h1-7H,8H2. The van der Waals surface area contributed by atoms with E-state index in [1.165, 1.54) is 36.4 Å². The molecule has 0 saturated heterocycles. The van der Waals surface area contributed by atoms with Gasteiger partial charge in [0.05, 0.1) is 5.56 Å². The molecule has 0 heterocycles. The number of halogens is 3. The molecule has 2 rings (SSSR count). The van der Waals surface area contributed by atoms with Crippen LogP contribution in [-0.2, 0) is 6.61 Å². The second-order valence-electron chi connectivity index (χ2n) is 3.80. The van der Waals surface area contributed by atoms with Gasteiger partial charge in [-0.25, -0.2) is 8.78 Å². The summed E-state index contributed by atoms with van der Waals surface area (Å²) in [5.74, 6) is -1.09. The van der Waals surface area contributed by atoms with Gasteiger partial charge in [-0.05, 0) is 24.3 Å². The first-order valence-corrected chi connectivity index (χ1v) is 6.21. The molecule has 0 aliphatic rings. The van der Waals surface area contributed by atoms with Crippen molar-refractivity contribution in [2.24, 2.45) is 0 Å². The number of aldehydes is 1. The monoisotopic (exact) mass is 326 g/mol. The molecule has 2 nitrogen and oxygen atoms in total. The molecule has 98 valence electrons. The molecule has 0 bridgehead atoms. The van der Waals surface area contributed by atoms with Crippen LogP contribution in [0.1, 0.15) is 15.9 Å². The number of carbonyl (C=O) groups excluding carboxylic acids is 1. The maximum Gasteiger partial charge on any atom is 0.165 e. The number of hydrogen-bond donors (Lipinski definition) is 0. The molecule has 0 fully saturated rings. The van der Waals surface area contributed by atoms with E-state index in [0.717, 1.165) is 0 Å². The lowest BCUT2D eigenvalue weighted by molar-refractivity contribution is 0.111. The lowest BCUT2D eigenvalue weighted by Gasteiger charge is -2.10. The van der Waals surface area contributed by atoms with Crippen molar-refractivity contribution in [3.05, 3.63) is 63.6 Å². The fourth-order valence-corrected chi connectivity index (χ4v) is 2.02. The maximum absolute atomic E-state index is 13.5. The topological polar surface area (TPSA) is 26.3 Å². The van der Waals surface area contributed by atoms with Gasteiger partial charge in [0.1, 0.15) is 12.4 Å². The number of rotatable bonds is 4. The van der Waals surface area contributed by atoms with E-state index in [4.69, 9.17) is 4.74 Å². The zero-order valence-corrected chi connectivity index (χ0v) is 11.3. The fourth-order valence-electron chi connectivity index (χ4n) is 1.56. The predicted octanol–water partition coefficient (Wildman–Crippen LogP) is 4.12. The minimum atomic E-state index is -0.608. The van der Waals surface area contributed by atoms with Crippen molar-refractivity contribution in [1.29, 1.82) is 0 Å². The van der Waals surface area contributed by atoms with Crippen LogP contribution in [0, 0.1) is 11.6 Å². The van der Waals surface area contributed by atoms with Gasteiger partial charge in [-0.1, -0.05) is 28.1 Å². The Morgan fingerprint density at radius 3 is 2.68 bits per heavy atom. The molecule has 0 saturated carbocycles. The summed E-state index contributed by atoms with van der Waals surface area (Å²) < 4.78 is 32.3. The molecule has 0 atom stereocenters. The highest BCUT2D eigenvalue weighted by Crippen LogP contribution is 2.24. The molecule has 0 spiro atoms. The molecule has 5 heteroatoms. The highest BCUT2D eigenvalue weighted by atomic mass is 79.9. The Bertz CT molecular complexity index is 614. The third kappa shape index (κ3) is 3.17. The summed E-state index contributed by atoms with van der Waals surface area (Å²) in [5.41, 5.74) is 0.791. The minimum Gasteiger partial charge on any atom is -0.485 e. The smallest absolute Gasteiger partial charge is 0.165 e. The Balaban J connectivity index is 2.21. The van der Waals surface area contributed by atoms with E-state index < -0.39 is 5.82 Å². The maximum atomic E-state index is 13.5. The van der Waals surface area contributed by atoms with Gasteiger partial charge in [-0.2, -0.15) is 0 Å². The second kappa shape index (κ2) is 5.93. The van der Waals surface area contributed by atoms with Gasteiger partial charge in [0.15, 0.2) is 17.9 Å². The summed E-state index contributed by atoms with van der Waals surface area (Å²) in [7, 11) is 0. The molecule has 0 radical (unpaired) electrons. The van der Waals surface area contributed by atoms with Crippen LogP contribution < -0.4 is 4.74 Å². The zero-order chi connectivity index (χ0) is 13.8. The summed E-state index contributed by atoms with van der Waals surface area (Å²) in [6.45, 7) is 0.0304. The van der Waals surface area contributed by atoms with Gasteiger partial charge < -0.3 is 4.74 Å². The molecule has 0 aliphatic carbocycles. The summed E-state index contributed by atoms with van der Waals surface area (Å²) in [5, 5.41) is 0. The average molecular weight is 327 g/mol. The summed E-state index contributed by atoms with van der Waals surface area (Å²) in [4.78, 5) is 10.8. The Hall–Kier alpha value is -1.75. The lowest BCUT2D eigenvalue weighted by atomic mass is 10.2. The van der Waals surface area contributed by atoms with E-state index in [1.54, 1.807) is 0 Å². The molecule has 0 N–H and O–H groups in total. The van der Waals surface area contributed by atoms with E-state index in [2.05, 4.69) is 15.9 Å². The van der Waals surface area contributed by atoms with Gasteiger partial charge in [0, 0.05) is 10.0 Å². The largest absolute Gasteiger partial charge is 0.485 e. The quantitative estimate of drug-likeness (QED) is 0.790. The molecular weight excluding hydrogens is 318 g/mol. The third-order valence-electron chi connectivity index (χ3n) is 2.51. The number of benzene rings is 2. The first kappa shape index (κ1) is 13.7. The second-order valence-corrected chi connectivity index (χ2v) is 4.65. The van der Waals surface area contributed by atoms with Crippen LogP contribution in [0.2, 0.25) is 0 Å². The molecular formula is C14H9BrF2O2. The minimum absolute atomic E-state index is 0.0304.